The summed E-state index contributed by atoms with van der Waals surface area (Å²) in [6.45, 7) is 10.7. The molecule has 2 aliphatic heterocycles. The second-order valence-electron chi connectivity index (χ2n) is 9.26. The fraction of sp³-hybridized carbons (Fsp3) is 0.667. The largest absolute Gasteiger partial charge is 0.476 e. The van der Waals surface area contributed by atoms with Crippen LogP contribution in [0.25, 0.3) is 0 Å². The van der Waals surface area contributed by atoms with Crippen molar-refractivity contribution in [3.05, 3.63) is 23.8 Å². The second-order valence-corrected chi connectivity index (χ2v) is 9.26. The number of carbonyl (C=O) groups excluding carboxylic acids is 2. The number of nitrogens with one attached hydrogen (secondary N) is 1. The van der Waals surface area contributed by atoms with Gasteiger partial charge >= 0.3 is 0 Å². The number of hydrogen-bond donors (Lipinski definition) is 1. The van der Waals surface area contributed by atoms with Gasteiger partial charge in [0.2, 0.25) is 0 Å². The van der Waals surface area contributed by atoms with Gasteiger partial charge in [-0.25, -0.2) is 0 Å². The Bertz CT molecular complexity index is 793. The van der Waals surface area contributed by atoms with E-state index in [0.717, 1.165) is 38.8 Å². The van der Waals surface area contributed by atoms with Crippen LogP contribution in [-0.4, -0.2) is 67.7 Å². The zero-order valence-electron chi connectivity index (χ0n) is 20.0. The third-order valence-electron chi connectivity index (χ3n) is 6.06. The van der Waals surface area contributed by atoms with E-state index in [-0.39, 0.29) is 36.3 Å². The first-order chi connectivity index (χ1) is 14.8. The molecule has 0 aliphatic carbocycles. The average Bonchev–Trinajstić information content (AvgIpc) is 2.73. The summed E-state index contributed by atoms with van der Waals surface area (Å²) in [5.74, 6) is 0.561. The van der Waals surface area contributed by atoms with E-state index in [0.29, 0.717) is 30.2 Å². The molecule has 7 nitrogen and oxygen atoms in total. The van der Waals surface area contributed by atoms with Crippen molar-refractivity contribution in [2.75, 3.05) is 38.3 Å². The Morgan fingerprint density at radius 2 is 2.09 bits per heavy atom. The van der Waals surface area contributed by atoms with Crippen molar-refractivity contribution >= 4 is 29.9 Å². The highest BCUT2D eigenvalue weighted by Gasteiger charge is 2.41. The monoisotopic (exact) mass is 467 g/mol. The minimum atomic E-state index is -0.933. The van der Waals surface area contributed by atoms with E-state index < -0.39 is 5.60 Å². The molecule has 2 amide bonds. The zero-order chi connectivity index (χ0) is 22.6. The molecule has 1 saturated heterocycles. The topological polar surface area (TPSA) is 71.1 Å². The molecule has 8 heteroatoms. The highest BCUT2D eigenvalue weighted by Crippen LogP contribution is 2.39. The number of piperidine rings is 1. The molecule has 0 radical (unpaired) electrons. The number of nitrogens with zero attached hydrogens (tertiary/aromatic N) is 2. The van der Waals surface area contributed by atoms with Crippen LogP contribution in [-0.2, 0) is 9.53 Å². The second kappa shape index (κ2) is 11.3. The maximum Gasteiger partial charge on any atom is 0.270 e. The Kier molecular flexibility index (Phi) is 9.37. The molecule has 3 rings (SSSR count). The van der Waals surface area contributed by atoms with Gasteiger partial charge in [-0.2, -0.15) is 0 Å². The Labute approximate surface area is 198 Å². The van der Waals surface area contributed by atoms with Crippen LogP contribution in [0.4, 0.5) is 5.69 Å². The molecule has 2 aliphatic rings. The Morgan fingerprint density at radius 1 is 1.34 bits per heavy atom. The van der Waals surface area contributed by atoms with Crippen molar-refractivity contribution in [1.29, 1.82) is 0 Å². The van der Waals surface area contributed by atoms with Crippen molar-refractivity contribution in [3.63, 3.8) is 0 Å². The Hall–Kier alpha value is -1.83. The van der Waals surface area contributed by atoms with Gasteiger partial charge < -0.3 is 24.6 Å². The molecule has 1 fully saturated rings. The Morgan fingerprint density at radius 3 is 2.72 bits per heavy atom. The molecule has 1 N–H and O–H groups in total. The van der Waals surface area contributed by atoms with Crippen LogP contribution in [0.2, 0.25) is 0 Å². The molecule has 0 bridgehead atoms. The van der Waals surface area contributed by atoms with E-state index in [1.807, 2.05) is 23.1 Å². The summed E-state index contributed by atoms with van der Waals surface area (Å²) in [6.07, 6.45) is 3.76. The minimum absolute atomic E-state index is 0. The van der Waals surface area contributed by atoms with Crippen LogP contribution < -0.4 is 15.0 Å². The average molecular weight is 468 g/mol. The van der Waals surface area contributed by atoms with Gasteiger partial charge in [-0.05, 0) is 78.1 Å². The first-order valence-electron chi connectivity index (χ1n) is 11.4. The van der Waals surface area contributed by atoms with Gasteiger partial charge in [0.05, 0.1) is 5.69 Å². The van der Waals surface area contributed by atoms with Gasteiger partial charge in [0.1, 0.15) is 5.75 Å². The number of methoxy groups -OCH3 is 1. The maximum atomic E-state index is 13.5. The lowest BCUT2D eigenvalue weighted by Gasteiger charge is -2.40. The molecule has 0 unspecified atom stereocenters. The lowest BCUT2D eigenvalue weighted by Crippen LogP contribution is -2.53. The molecule has 180 valence electrons. The first-order valence-corrected chi connectivity index (χ1v) is 11.4. The normalized spacial score (nSPS) is 19.8. The fourth-order valence-electron chi connectivity index (χ4n) is 4.48. The van der Waals surface area contributed by atoms with E-state index >= 15 is 0 Å². The molecule has 0 spiro atoms. The number of anilines is 1. The van der Waals surface area contributed by atoms with E-state index in [1.165, 1.54) is 0 Å². The number of halogens is 1. The highest BCUT2D eigenvalue weighted by molar-refractivity contribution is 6.04. The van der Waals surface area contributed by atoms with Gasteiger partial charge in [0, 0.05) is 44.5 Å². The maximum absolute atomic E-state index is 13.5. The van der Waals surface area contributed by atoms with Crippen LogP contribution in [0.15, 0.2) is 18.2 Å². The summed E-state index contributed by atoms with van der Waals surface area (Å²) < 4.78 is 11.1. The molecular weight excluding hydrogens is 430 g/mol. The summed E-state index contributed by atoms with van der Waals surface area (Å²) >= 11 is 0. The number of fused-ring (bicyclic) bond motifs is 1. The van der Waals surface area contributed by atoms with Crippen LogP contribution in [0.5, 0.6) is 5.75 Å². The third kappa shape index (κ3) is 5.74. The summed E-state index contributed by atoms with van der Waals surface area (Å²) in [7, 11) is 1.68. The lowest BCUT2D eigenvalue weighted by molar-refractivity contribution is -0.132. The van der Waals surface area contributed by atoms with Crippen molar-refractivity contribution in [2.24, 2.45) is 0 Å². The van der Waals surface area contributed by atoms with E-state index in [9.17, 15) is 9.59 Å². The summed E-state index contributed by atoms with van der Waals surface area (Å²) in [5, 5.41) is 3.40. The first kappa shape index (κ1) is 26.4. The number of carbonyl (C=O) groups is 2. The van der Waals surface area contributed by atoms with Gasteiger partial charge in [-0.1, -0.05) is 0 Å². The lowest BCUT2D eigenvalue weighted by atomic mass is 10.00. The molecular formula is C24H38ClN3O4. The predicted molar refractivity (Wildman–Crippen MR) is 129 cm³/mol. The fourth-order valence-corrected chi connectivity index (χ4v) is 4.48. The molecule has 2 heterocycles. The number of amides is 2. The van der Waals surface area contributed by atoms with Crippen molar-refractivity contribution < 1.29 is 19.1 Å². The summed E-state index contributed by atoms with van der Waals surface area (Å²) in [5.41, 5.74) is 0.339. The van der Waals surface area contributed by atoms with E-state index in [2.05, 4.69) is 19.2 Å². The number of hydrogen-bond acceptors (Lipinski definition) is 5. The zero-order valence-corrected chi connectivity index (χ0v) is 20.8. The third-order valence-corrected chi connectivity index (χ3v) is 6.06. The highest BCUT2D eigenvalue weighted by atomic mass is 35.5. The van der Waals surface area contributed by atoms with Crippen LogP contribution >= 0.6 is 12.4 Å². The summed E-state index contributed by atoms with van der Waals surface area (Å²) in [6, 6.07) is 5.75. The smallest absolute Gasteiger partial charge is 0.270 e. The van der Waals surface area contributed by atoms with Crippen molar-refractivity contribution in [2.45, 2.75) is 71.1 Å². The molecule has 0 aromatic heterocycles. The molecule has 0 saturated carbocycles. The summed E-state index contributed by atoms with van der Waals surface area (Å²) in [4.78, 5) is 30.4. The Balaban J connectivity index is 0.00000363. The van der Waals surface area contributed by atoms with Crippen LogP contribution in [0.3, 0.4) is 0 Å². The number of benzene rings is 1. The van der Waals surface area contributed by atoms with Gasteiger partial charge in [-0.3, -0.25) is 9.59 Å². The van der Waals surface area contributed by atoms with E-state index in [4.69, 9.17) is 9.47 Å². The molecule has 32 heavy (non-hydrogen) atoms. The van der Waals surface area contributed by atoms with Gasteiger partial charge in [-0.15, -0.1) is 12.4 Å². The minimum Gasteiger partial charge on any atom is -0.476 e. The van der Waals surface area contributed by atoms with Crippen molar-refractivity contribution in [3.8, 4) is 5.75 Å². The molecule has 1 atom stereocenters. The number of rotatable bonds is 8. The number of unbranched alkanes of at least 4 members (excludes halogenated alkanes) is 1. The predicted octanol–water partition coefficient (Wildman–Crippen LogP) is 3.64. The van der Waals surface area contributed by atoms with E-state index in [1.54, 1.807) is 25.9 Å². The van der Waals surface area contributed by atoms with Gasteiger partial charge in [0.25, 0.3) is 11.8 Å². The van der Waals surface area contributed by atoms with Crippen LogP contribution in [0.1, 0.15) is 63.7 Å². The quantitative estimate of drug-likeness (QED) is 0.591. The molecule has 1 aromatic carbocycles. The van der Waals surface area contributed by atoms with Crippen LogP contribution in [0, 0.1) is 0 Å². The van der Waals surface area contributed by atoms with Crippen molar-refractivity contribution in [1.82, 2.24) is 10.2 Å². The van der Waals surface area contributed by atoms with Gasteiger partial charge in [0.15, 0.2) is 5.60 Å². The number of ether oxygens (including phenoxy) is 2. The molecule has 1 aromatic rings. The standard InChI is InChI=1S/C24H37N3O4.ClH/c1-17(2)27(19-9-8-12-25-16-19)22(28)18-10-11-21-20(15-18)26(13-6-7-14-30-5)23(29)24(3,4)31-21;/h10-11,15,17,19,25H,6-9,12-14,16H2,1-5H3;1H/t19-;/m1./s1. The SMILES string of the molecule is COCCCCN1C(=O)C(C)(C)Oc2ccc(C(=O)N(C(C)C)[C@@H]3CCCNC3)cc21.Cl.